The van der Waals surface area contributed by atoms with Crippen LogP contribution in [0, 0.1) is 0 Å². The molecule has 2 rings (SSSR count). The summed E-state index contributed by atoms with van der Waals surface area (Å²) in [5.41, 5.74) is 2.39. The number of amides is 1. The van der Waals surface area contributed by atoms with Crippen molar-refractivity contribution in [2.45, 2.75) is 32.0 Å². The van der Waals surface area contributed by atoms with Crippen molar-refractivity contribution in [2.75, 3.05) is 11.9 Å². The van der Waals surface area contributed by atoms with Crippen molar-refractivity contribution < 1.29 is 18.0 Å². The Morgan fingerprint density at radius 2 is 2.21 bits per heavy atom. The molecule has 19 heavy (non-hydrogen) atoms. The first-order valence-corrected chi connectivity index (χ1v) is 6.09. The lowest BCUT2D eigenvalue weighted by Crippen LogP contribution is -2.35. The fourth-order valence-corrected chi connectivity index (χ4v) is 2.14. The summed E-state index contributed by atoms with van der Waals surface area (Å²) in [6.45, 7) is 2.17. The normalized spacial score (nSPS) is 15.6. The van der Waals surface area contributed by atoms with E-state index in [1.165, 1.54) is 6.92 Å². The molecule has 0 saturated carbocycles. The highest BCUT2D eigenvalue weighted by molar-refractivity contribution is 5.95. The van der Waals surface area contributed by atoms with Gasteiger partial charge in [0.25, 0.3) is 5.91 Å². The van der Waals surface area contributed by atoms with Gasteiger partial charge in [-0.15, -0.1) is 0 Å². The van der Waals surface area contributed by atoms with E-state index in [0.717, 1.165) is 24.2 Å². The number of carbonyl (C=O) groups is 1. The largest absolute Gasteiger partial charge is 0.391 e. The van der Waals surface area contributed by atoms with Crippen LogP contribution in [0.15, 0.2) is 18.2 Å². The summed E-state index contributed by atoms with van der Waals surface area (Å²) >= 11 is 0. The molecular weight excluding hydrogens is 257 g/mol. The summed E-state index contributed by atoms with van der Waals surface area (Å²) in [6, 6.07) is 4.21. The number of alkyl halides is 3. The van der Waals surface area contributed by atoms with Gasteiger partial charge in [0.05, 0.1) is 6.42 Å². The van der Waals surface area contributed by atoms with E-state index in [1.54, 1.807) is 12.1 Å². The number of halogens is 3. The number of anilines is 1. The van der Waals surface area contributed by atoms with Crippen LogP contribution in [-0.2, 0) is 6.42 Å². The molecule has 3 nitrogen and oxygen atoms in total. The smallest absolute Gasteiger partial charge is 0.384 e. The average Bonchev–Trinajstić information content (AvgIpc) is 2.72. The van der Waals surface area contributed by atoms with Crippen LogP contribution in [0.2, 0.25) is 0 Å². The van der Waals surface area contributed by atoms with E-state index in [9.17, 15) is 18.0 Å². The molecule has 0 fully saturated rings. The number of hydrogen-bond donors (Lipinski definition) is 2. The van der Waals surface area contributed by atoms with Crippen LogP contribution in [-0.4, -0.2) is 24.7 Å². The SMILES string of the molecule is CC(CC(F)(F)F)NC(=O)c1ccc2c(c1)NCC2. The maximum Gasteiger partial charge on any atom is 0.391 e. The van der Waals surface area contributed by atoms with Crippen LogP contribution >= 0.6 is 0 Å². The Morgan fingerprint density at radius 3 is 2.89 bits per heavy atom. The zero-order valence-corrected chi connectivity index (χ0v) is 10.5. The van der Waals surface area contributed by atoms with Crippen LogP contribution in [0.4, 0.5) is 18.9 Å². The van der Waals surface area contributed by atoms with Crippen LogP contribution in [0.3, 0.4) is 0 Å². The number of benzene rings is 1. The zero-order valence-electron chi connectivity index (χ0n) is 10.5. The van der Waals surface area contributed by atoms with E-state index >= 15 is 0 Å². The maximum atomic E-state index is 12.2. The van der Waals surface area contributed by atoms with Gasteiger partial charge in [-0.25, -0.2) is 0 Å². The van der Waals surface area contributed by atoms with Gasteiger partial charge in [0, 0.05) is 23.8 Å². The molecule has 1 aromatic rings. The minimum Gasteiger partial charge on any atom is -0.384 e. The first kappa shape index (κ1) is 13.7. The molecule has 1 amide bonds. The standard InChI is InChI=1S/C13H15F3N2O/c1-8(7-13(14,15)16)18-12(19)10-3-2-9-4-5-17-11(9)6-10/h2-3,6,8,17H,4-5,7H2,1H3,(H,18,19). The van der Waals surface area contributed by atoms with E-state index in [1.807, 2.05) is 6.07 Å². The molecule has 1 aliphatic rings. The van der Waals surface area contributed by atoms with E-state index in [2.05, 4.69) is 10.6 Å². The third kappa shape index (κ3) is 3.62. The van der Waals surface area contributed by atoms with Crippen LogP contribution < -0.4 is 10.6 Å². The second kappa shape index (κ2) is 5.11. The summed E-state index contributed by atoms with van der Waals surface area (Å²) in [4.78, 5) is 11.8. The highest BCUT2D eigenvalue weighted by atomic mass is 19.4. The molecule has 104 valence electrons. The fourth-order valence-electron chi connectivity index (χ4n) is 2.14. The minimum absolute atomic E-state index is 0.377. The Bertz CT molecular complexity index is 485. The van der Waals surface area contributed by atoms with Crippen molar-refractivity contribution in [3.05, 3.63) is 29.3 Å². The molecule has 1 heterocycles. The van der Waals surface area contributed by atoms with Crippen molar-refractivity contribution in [2.24, 2.45) is 0 Å². The van der Waals surface area contributed by atoms with Crippen molar-refractivity contribution in [3.63, 3.8) is 0 Å². The van der Waals surface area contributed by atoms with Gasteiger partial charge in [-0.2, -0.15) is 13.2 Å². The van der Waals surface area contributed by atoms with Crippen LogP contribution in [0.5, 0.6) is 0 Å². The number of fused-ring (bicyclic) bond motifs is 1. The van der Waals surface area contributed by atoms with Gasteiger partial charge in [0.15, 0.2) is 0 Å². The second-order valence-electron chi connectivity index (χ2n) is 4.74. The number of carbonyl (C=O) groups excluding carboxylic acids is 1. The Kier molecular flexibility index (Phi) is 3.68. The van der Waals surface area contributed by atoms with Crippen molar-refractivity contribution in [1.82, 2.24) is 5.32 Å². The lowest BCUT2D eigenvalue weighted by Gasteiger charge is -2.16. The topological polar surface area (TPSA) is 41.1 Å². The minimum atomic E-state index is -4.27. The summed E-state index contributed by atoms with van der Waals surface area (Å²) in [6.07, 6.45) is -4.39. The molecular formula is C13H15F3N2O. The van der Waals surface area contributed by atoms with Gasteiger partial charge >= 0.3 is 6.18 Å². The molecule has 0 bridgehead atoms. The molecule has 2 N–H and O–H groups in total. The van der Waals surface area contributed by atoms with Gasteiger partial charge in [-0.3, -0.25) is 4.79 Å². The Labute approximate surface area is 109 Å². The summed E-state index contributed by atoms with van der Waals surface area (Å²) < 4.78 is 36.5. The molecule has 0 radical (unpaired) electrons. The van der Waals surface area contributed by atoms with Crippen molar-refractivity contribution in [3.8, 4) is 0 Å². The molecule has 0 saturated heterocycles. The molecule has 6 heteroatoms. The predicted octanol–water partition coefficient (Wildman–Crippen LogP) is 2.73. The number of rotatable bonds is 3. The first-order valence-electron chi connectivity index (χ1n) is 6.09. The van der Waals surface area contributed by atoms with Gasteiger partial charge in [0.1, 0.15) is 0 Å². The number of nitrogens with one attached hydrogen (secondary N) is 2. The van der Waals surface area contributed by atoms with E-state index in [4.69, 9.17) is 0 Å². The lowest BCUT2D eigenvalue weighted by atomic mass is 10.1. The summed E-state index contributed by atoms with van der Waals surface area (Å²) in [5, 5.41) is 5.48. The fraction of sp³-hybridized carbons (Fsp3) is 0.462. The predicted molar refractivity (Wildman–Crippen MR) is 66.2 cm³/mol. The van der Waals surface area contributed by atoms with Crippen molar-refractivity contribution >= 4 is 11.6 Å². The van der Waals surface area contributed by atoms with Gasteiger partial charge in [-0.05, 0) is 31.0 Å². The lowest BCUT2D eigenvalue weighted by molar-refractivity contribution is -0.138. The second-order valence-corrected chi connectivity index (χ2v) is 4.74. The monoisotopic (exact) mass is 272 g/mol. The number of hydrogen-bond acceptors (Lipinski definition) is 2. The van der Waals surface area contributed by atoms with Crippen LogP contribution in [0.1, 0.15) is 29.3 Å². The van der Waals surface area contributed by atoms with E-state index in [0.29, 0.717) is 5.56 Å². The Balaban J connectivity index is 2.00. The van der Waals surface area contributed by atoms with Gasteiger partial charge < -0.3 is 10.6 Å². The van der Waals surface area contributed by atoms with Gasteiger partial charge in [0.2, 0.25) is 0 Å². The molecule has 0 spiro atoms. The maximum absolute atomic E-state index is 12.2. The van der Waals surface area contributed by atoms with E-state index in [-0.39, 0.29) is 0 Å². The average molecular weight is 272 g/mol. The molecule has 1 unspecified atom stereocenters. The van der Waals surface area contributed by atoms with E-state index < -0.39 is 24.5 Å². The zero-order chi connectivity index (χ0) is 14.0. The third-order valence-electron chi connectivity index (χ3n) is 3.00. The highest BCUT2D eigenvalue weighted by Crippen LogP contribution is 2.24. The highest BCUT2D eigenvalue weighted by Gasteiger charge is 2.30. The Morgan fingerprint density at radius 1 is 1.47 bits per heavy atom. The third-order valence-corrected chi connectivity index (χ3v) is 3.00. The first-order chi connectivity index (χ1) is 8.85. The summed E-state index contributed by atoms with van der Waals surface area (Å²) in [7, 11) is 0. The van der Waals surface area contributed by atoms with Crippen molar-refractivity contribution in [1.29, 1.82) is 0 Å². The molecule has 0 aromatic heterocycles. The summed E-state index contributed by atoms with van der Waals surface area (Å²) in [5.74, 6) is -0.478. The quantitative estimate of drug-likeness (QED) is 0.888. The van der Waals surface area contributed by atoms with Gasteiger partial charge in [-0.1, -0.05) is 6.07 Å². The molecule has 1 atom stereocenters. The molecule has 0 aliphatic carbocycles. The molecule has 1 aliphatic heterocycles. The Hall–Kier alpha value is -1.72. The molecule has 1 aromatic carbocycles. The van der Waals surface area contributed by atoms with Crippen LogP contribution in [0.25, 0.3) is 0 Å².